The molecule has 1 saturated carbocycles. The van der Waals surface area contributed by atoms with E-state index in [1.54, 1.807) is 24.2 Å². The summed E-state index contributed by atoms with van der Waals surface area (Å²) >= 11 is 0. The van der Waals surface area contributed by atoms with Gasteiger partial charge >= 0.3 is 0 Å². The largest absolute Gasteiger partial charge is 0.368 e. The molecule has 0 bridgehead atoms. The average molecular weight is 341 g/mol. The van der Waals surface area contributed by atoms with Crippen molar-refractivity contribution in [2.75, 3.05) is 19.7 Å². The van der Waals surface area contributed by atoms with Gasteiger partial charge in [-0.1, -0.05) is 0 Å². The van der Waals surface area contributed by atoms with Crippen molar-refractivity contribution in [2.45, 2.75) is 31.8 Å². The molecular weight excluding hydrogens is 322 g/mol. The lowest BCUT2D eigenvalue weighted by molar-refractivity contribution is -0.0249. The summed E-state index contributed by atoms with van der Waals surface area (Å²) in [6.45, 7) is 2.95. The molecule has 1 aliphatic carbocycles. The van der Waals surface area contributed by atoms with Crippen molar-refractivity contribution in [3.05, 3.63) is 51.7 Å². The van der Waals surface area contributed by atoms with Crippen LogP contribution in [-0.2, 0) is 4.74 Å². The van der Waals surface area contributed by atoms with Crippen LogP contribution in [0.1, 0.15) is 52.6 Å². The highest BCUT2D eigenvalue weighted by Crippen LogP contribution is 2.37. The van der Waals surface area contributed by atoms with Crippen LogP contribution in [0.15, 0.2) is 23.3 Å². The number of nitrogens with one attached hydrogen (secondary N) is 1. The van der Waals surface area contributed by atoms with E-state index in [1.807, 2.05) is 0 Å². The molecule has 1 atom stereocenters. The minimum absolute atomic E-state index is 0.128. The minimum Gasteiger partial charge on any atom is -0.368 e. The SMILES string of the molecule is Cc1nc(C2CN(C(=O)c3cnc(C4CC4)nc3)CCO2)cc(=O)[nH]1. The van der Waals surface area contributed by atoms with E-state index >= 15 is 0 Å². The van der Waals surface area contributed by atoms with E-state index in [-0.39, 0.29) is 11.5 Å². The predicted molar refractivity (Wildman–Crippen MR) is 88.2 cm³/mol. The van der Waals surface area contributed by atoms with E-state index in [0.717, 1.165) is 18.7 Å². The first-order valence-corrected chi connectivity index (χ1v) is 8.41. The van der Waals surface area contributed by atoms with Crippen molar-refractivity contribution in [2.24, 2.45) is 0 Å². The summed E-state index contributed by atoms with van der Waals surface area (Å²) in [4.78, 5) is 41.6. The van der Waals surface area contributed by atoms with Crippen LogP contribution in [-0.4, -0.2) is 50.4 Å². The molecule has 1 unspecified atom stereocenters. The zero-order valence-electron chi connectivity index (χ0n) is 13.9. The Balaban J connectivity index is 1.49. The standard InChI is InChI=1S/C17H19N5O3/c1-10-20-13(6-15(23)21-10)14-9-22(4-5-25-14)17(24)12-7-18-16(19-8-12)11-2-3-11/h6-8,11,14H,2-5,9H2,1H3,(H,20,21,23). The monoisotopic (exact) mass is 341 g/mol. The number of rotatable bonds is 3. The predicted octanol–water partition coefficient (Wildman–Crippen LogP) is 0.959. The first-order chi connectivity index (χ1) is 12.1. The molecule has 0 radical (unpaired) electrons. The summed E-state index contributed by atoms with van der Waals surface area (Å²) in [5, 5.41) is 0. The van der Waals surface area contributed by atoms with Gasteiger partial charge in [0.15, 0.2) is 0 Å². The summed E-state index contributed by atoms with van der Waals surface area (Å²) in [6.07, 6.45) is 5.04. The van der Waals surface area contributed by atoms with E-state index in [9.17, 15) is 9.59 Å². The Morgan fingerprint density at radius 3 is 2.76 bits per heavy atom. The first-order valence-electron chi connectivity index (χ1n) is 8.41. The molecule has 0 aromatic carbocycles. The molecule has 0 spiro atoms. The minimum atomic E-state index is -0.412. The number of aryl methyl sites for hydroxylation is 1. The Morgan fingerprint density at radius 2 is 2.08 bits per heavy atom. The van der Waals surface area contributed by atoms with E-state index in [2.05, 4.69) is 19.9 Å². The Labute approximate surface area is 144 Å². The third-order valence-corrected chi connectivity index (χ3v) is 4.42. The van der Waals surface area contributed by atoms with Gasteiger partial charge in [0.05, 0.1) is 24.4 Å². The zero-order chi connectivity index (χ0) is 17.4. The number of nitrogens with zero attached hydrogens (tertiary/aromatic N) is 4. The van der Waals surface area contributed by atoms with Gasteiger partial charge in [0.2, 0.25) is 0 Å². The van der Waals surface area contributed by atoms with Gasteiger partial charge < -0.3 is 14.6 Å². The Hall–Kier alpha value is -2.61. The van der Waals surface area contributed by atoms with Crippen molar-refractivity contribution in [1.29, 1.82) is 0 Å². The second-order valence-corrected chi connectivity index (χ2v) is 6.47. The maximum atomic E-state index is 12.7. The number of morpholine rings is 1. The summed E-state index contributed by atoms with van der Waals surface area (Å²) in [7, 11) is 0. The Kier molecular flexibility index (Phi) is 4.04. The van der Waals surface area contributed by atoms with E-state index in [1.165, 1.54) is 6.07 Å². The first kappa shape index (κ1) is 15.9. The second-order valence-electron chi connectivity index (χ2n) is 6.47. The van der Waals surface area contributed by atoms with Crippen molar-refractivity contribution in [1.82, 2.24) is 24.8 Å². The van der Waals surface area contributed by atoms with Crippen molar-refractivity contribution >= 4 is 5.91 Å². The van der Waals surface area contributed by atoms with Gasteiger partial charge in [0, 0.05) is 30.9 Å². The van der Waals surface area contributed by atoms with Crippen LogP contribution in [0.5, 0.6) is 0 Å². The summed E-state index contributed by atoms with van der Waals surface area (Å²) < 4.78 is 5.71. The molecule has 4 rings (SSSR count). The number of carbonyl (C=O) groups is 1. The maximum Gasteiger partial charge on any atom is 0.257 e. The van der Waals surface area contributed by atoms with Gasteiger partial charge in [0.25, 0.3) is 11.5 Å². The van der Waals surface area contributed by atoms with Gasteiger partial charge in [-0.15, -0.1) is 0 Å². The summed E-state index contributed by atoms with van der Waals surface area (Å²) in [5.74, 6) is 1.68. The van der Waals surface area contributed by atoms with Gasteiger partial charge in [0.1, 0.15) is 17.8 Å². The highest BCUT2D eigenvalue weighted by atomic mass is 16.5. The molecule has 130 valence electrons. The molecule has 1 amide bonds. The summed E-state index contributed by atoms with van der Waals surface area (Å²) in [6, 6.07) is 1.42. The molecule has 1 N–H and O–H groups in total. The Bertz CT molecular complexity index is 844. The quantitative estimate of drug-likeness (QED) is 0.892. The van der Waals surface area contributed by atoms with E-state index < -0.39 is 6.10 Å². The van der Waals surface area contributed by atoms with Crippen molar-refractivity contribution in [3.8, 4) is 0 Å². The van der Waals surface area contributed by atoms with Crippen molar-refractivity contribution < 1.29 is 9.53 Å². The number of ether oxygens (including phenoxy) is 1. The second kappa shape index (κ2) is 6.36. The maximum absolute atomic E-state index is 12.7. The highest BCUT2D eigenvalue weighted by Gasteiger charge is 2.29. The van der Waals surface area contributed by atoms with Crippen LogP contribution < -0.4 is 5.56 Å². The van der Waals surface area contributed by atoms with Crippen LogP contribution in [0.4, 0.5) is 0 Å². The highest BCUT2D eigenvalue weighted by molar-refractivity contribution is 5.93. The number of hydrogen-bond acceptors (Lipinski definition) is 6. The Morgan fingerprint density at radius 1 is 1.32 bits per heavy atom. The lowest BCUT2D eigenvalue weighted by Gasteiger charge is -2.32. The number of H-pyrrole nitrogens is 1. The fourth-order valence-corrected chi connectivity index (χ4v) is 2.96. The summed E-state index contributed by atoms with van der Waals surface area (Å²) in [5.41, 5.74) is 0.790. The third-order valence-electron chi connectivity index (χ3n) is 4.42. The van der Waals surface area contributed by atoms with Crippen LogP contribution in [0, 0.1) is 6.92 Å². The number of hydrogen-bond donors (Lipinski definition) is 1. The molecule has 3 heterocycles. The van der Waals surface area contributed by atoms with E-state index in [0.29, 0.717) is 42.7 Å². The fourth-order valence-electron chi connectivity index (χ4n) is 2.96. The van der Waals surface area contributed by atoms with Gasteiger partial charge in [-0.25, -0.2) is 15.0 Å². The third kappa shape index (κ3) is 3.43. The zero-order valence-corrected chi connectivity index (χ0v) is 13.9. The number of carbonyl (C=O) groups excluding carboxylic acids is 1. The smallest absolute Gasteiger partial charge is 0.257 e. The normalized spacial score (nSPS) is 20.5. The van der Waals surface area contributed by atoms with Gasteiger partial charge in [-0.2, -0.15) is 0 Å². The topological polar surface area (TPSA) is 101 Å². The van der Waals surface area contributed by atoms with Crippen molar-refractivity contribution in [3.63, 3.8) is 0 Å². The molecular formula is C17H19N5O3. The molecule has 2 aromatic heterocycles. The van der Waals surface area contributed by atoms with Crippen LogP contribution >= 0.6 is 0 Å². The molecule has 2 fully saturated rings. The molecule has 2 aromatic rings. The van der Waals surface area contributed by atoms with Gasteiger partial charge in [-0.3, -0.25) is 9.59 Å². The van der Waals surface area contributed by atoms with Crippen LogP contribution in [0.2, 0.25) is 0 Å². The lowest BCUT2D eigenvalue weighted by Crippen LogP contribution is -2.42. The number of amides is 1. The van der Waals surface area contributed by atoms with Crippen LogP contribution in [0.25, 0.3) is 0 Å². The molecule has 8 nitrogen and oxygen atoms in total. The number of aromatic nitrogens is 4. The lowest BCUT2D eigenvalue weighted by atomic mass is 10.1. The molecule has 2 aliphatic rings. The number of aromatic amines is 1. The molecule has 1 saturated heterocycles. The van der Waals surface area contributed by atoms with E-state index in [4.69, 9.17) is 4.74 Å². The molecule has 8 heteroatoms. The fraction of sp³-hybridized carbons (Fsp3) is 0.471. The van der Waals surface area contributed by atoms with Gasteiger partial charge in [-0.05, 0) is 19.8 Å². The molecule has 1 aliphatic heterocycles. The van der Waals surface area contributed by atoms with Crippen LogP contribution in [0.3, 0.4) is 0 Å². The molecule has 25 heavy (non-hydrogen) atoms. The average Bonchev–Trinajstić information content (AvgIpc) is 3.46.